The van der Waals surface area contributed by atoms with Gasteiger partial charge in [-0.15, -0.1) is 0 Å². The van der Waals surface area contributed by atoms with Crippen LogP contribution < -0.4 is 0 Å². The summed E-state index contributed by atoms with van der Waals surface area (Å²) in [5.74, 6) is 0.911. The molecule has 1 nitrogen and oxygen atoms in total. The van der Waals surface area contributed by atoms with Crippen LogP contribution in [0, 0.1) is 5.92 Å². The van der Waals surface area contributed by atoms with Crippen molar-refractivity contribution in [2.24, 2.45) is 5.92 Å². The molecule has 1 rings (SSSR count). The van der Waals surface area contributed by atoms with Crippen LogP contribution in [0.5, 0.6) is 0 Å². The van der Waals surface area contributed by atoms with Gasteiger partial charge in [0.05, 0.1) is 0 Å². The van der Waals surface area contributed by atoms with Gasteiger partial charge in [0.2, 0.25) is 0 Å². The summed E-state index contributed by atoms with van der Waals surface area (Å²) in [7, 11) is 1.98. The topological polar surface area (TPSA) is 17.1 Å². The van der Waals surface area contributed by atoms with E-state index >= 15 is 0 Å². The highest BCUT2D eigenvalue weighted by Gasteiger charge is 2.17. The van der Waals surface area contributed by atoms with Crippen LogP contribution >= 0.6 is 0 Å². The number of rotatable bonds is 2. The van der Waals surface area contributed by atoms with Gasteiger partial charge in [0.1, 0.15) is 13.6 Å². The van der Waals surface area contributed by atoms with Crippen molar-refractivity contribution in [3.8, 4) is 0 Å². The van der Waals surface area contributed by atoms with Crippen molar-refractivity contribution < 1.29 is 4.79 Å². The Bertz CT molecular complexity index is 126. The molecular formula is C9H17BO. The van der Waals surface area contributed by atoms with Crippen LogP contribution in [0.2, 0.25) is 6.32 Å². The third kappa shape index (κ3) is 2.68. The second kappa shape index (κ2) is 4.58. The van der Waals surface area contributed by atoms with E-state index in [0.717, 1.165) is 19.2 Å². The van der Waals surface area contributed by atoms with Gasteiger partial charge in [-0.2, -0.15) is 0 Å². The predicted molar refractivity (Wildman–Crippen MR) is 49.6 cm³/mol. The van der Waals surface area contributed by atoms with Crippen molar-refractivity contribution in [1.29, 1.82) is 0 Å². The standard InChI is InChI=1S/C9H17BO/c10-7-9(11)8-5-3-1-2-4-6-8/h8H,1-7,10H2. The van der Waals surface area contributed by atoms with E-state index in [0.29, 0.717) is 11.7 Å². The van der Waals surface area contributed by atoms with Crippen molar-refractivity contribution in [3.63, 3.8) is 0 Å². The van der Waals surface area contributed by atoms with Gasteiger partial charge in [-0.3, -0.25) is 0 Å². The summed E-state index contributed by atoms with van der Waals surface area (Å²) in [6, 6.07) is 0. The zero-order chi connectivity index (χ0) is 8.10. The summed E-state index contributed by atoms with van der Waals surface area (Å²) in [6.07, 6.45) is 8.29. The summed E-state index contributed by atoms with van der Waals surface area (Å²) < 4.78 is 0. The van der Waals surface area contributed by atoms with Gasteiger partial charge in [0.25, 0.3) is 0 Å². The minimum atomic E-state index is 0.419. The molecule has 0 heterocycles. The first-order chi connectivity index (χ1) is 5.34. The van der Waals surface area contributed by atoms with Crippen LogP contribution in [-0.2, 0) is 4.79 Å². The van der Waals surface area contributed by atoms with Gasteiger partial charge in [0.15, 0.2) is 0 Å². The van der Waals surface area contributed by atoms with E-state index in [1.165, 1.54) is 25.7 Å². The summed E-state index contributed by atoms with van der Waals surface area (Å²) in [6.45, 7) is 0. The minimum Gasteiger partial charge on any atom is -0.300 e. The summed E-state index contributed by atoms with van der Waals surface area (Å²) in [4.78, 5) is 11.3. The molecule has 0 N–H and O–H groups in total. The molecule has 0 amide bonds. The second-order valence-corrected chi connectivity index (χ2v) is 3.51. The van der Waals surface area contributed by atoms with Gasteiger partial charge < -0.3 is 4.79 Å². The van der Waals surface area contributed by atoms with Crippen LogP contribution in [0.3, 0.4) is 0 Å². The summed E-state index contributed by atoms with van der Waals surface area (Å²) in [5, 5.41) is 0. The highest BCUT2D eigenvalue weighted by Crippen LogP contribution is 2.23. The van der Waals surface area contributed by atoms with Crippen LogP contribution in [0.4, 0.5) is 0 Å². The van der Waals surface area contributed by atoms with Gasteiger partial charge in [-0.1, -0.05) is 25.7 Å². The third-order valence-electron chi connectivity index (χ3n) is 2.66. The summed E-state index contributed by atoms with van der Waals surface area (Å²) >= 11 is 0. The molecule has 1 aliphatic rings. The molecule has 0 atom stereocenters. The molecule has 1 aliphatic carbocycles. The minimum absolute atomic E-state index is 0.419. The molecule has 2 heteroatoms. The largest absolute Gasteiger partial charge is 0.300 e. The maximum absolute atomic E-state index is 11.3. The van der Waals surface area contributed by atoms with E-state index in [2.05, 4.69) is 0 Å². The lowest BCUT2D eigenvalue weighted by Gasteiger charge is -2.10. The van der Waals surface area contributed by atoms with Crippen molar-refractivity contribution >= 4 is 13.6 Å². The third-order valence-corrected chi connectivity index (χ3v) is 2.66. The highest BCUT2D eigenvalue weighted by atomic mass is 16.1. The normalized spacial score (nSPS) is 21.1. The Morgan fingerprint density at radius 3 is 2.18 bits per heavy atom. The maximum Gasteiger partial charge on any atom is 0.128 e. The van der Waals surface area contributed by atoms with Crippen molar-refractivity contribution in [1.82, 2.24) is 0 Å². The molecule has 0 spiro atoms. The molecule has 0 aromatic carbocycles. The lowest BCUT2D eigenvalue weighted by Crippen LogP contribution is -2.12. The molecule has 0 aromatic heterocycles. The molecule has 1 saturated carbocycles. The van der Waals surface area contributed by atoms with E-state index < -0.39 is 0 Å². The predicted octanol–water partition coefficient (Wildman–Crippen LogP) is 1.58. The van der Waals surface area contributed by atoms with E-state index in [1.54, 1.807) is 0 Å². The molecule has 0 bridgehead atoms. The quantitative estimate of drug-likeness (QED) is 0.433. The maximum atomic E-state index is 11.3. The van der Waals surface area contributed by atoms with E-state index in [1.807, 2.05) is 7.85 Å². The van der Waals surface area contributed by atoms with E-state index in [9.17, 15) is 4.79 Å². The molecule has 0 aromatic rings. The molecular weight excluding hydrogens is 135 g/mol. The lowest BCUT2D eigenvalue weighted by atomic mass is 9.87. The van der Waals surface area contributed by atoms with Gasteiger partial charge in [-0.05, 0) is 19.2 Å². The first-order valence-corrected chi connectivity index (χ1v) is 4.87. The fourth-order valence-corrected chi connectivity index (χ4v) is 1.89. The molecule has 62 valence electrons. The molecule has 0 unspecified atom stereocenters. The van der Waals surface area contributed by atoms with Gasteiger partial charge >= 0.3 is 0 Å². The van der Waals surface area contributed by atoms with Crippen molar-refractivity contribution in [3.05, 3.63) is 0 Å². The SMILES string of the molecule is BCC(=O)C1CCCCCC1. The van der Waals surface area contributed by atoms with Gasteiger partial charge in [0, 0.05) is 5.92 Å². The van der Waals surface area contributed by atoms with Crippen LogP contribution in [0.15, 0.2) is 0 Å². The number of hydrogen-bond acceptors (Lipinski definition) is 1. The molecule has 1 fully saturated rings. The Morgan fingerprint density at radius 2 is 1.73 bits per heavy atom. The van der Waals surface area contributed by atoms with Crippen molar-refractivity contribution in [2.75, 3.05) is 0 Å². The number of carbonyl (C=O) groups is 1. The lowest BCUT2D eigenvalue weighted by molar-refractivity contribution is -0.121. The Kier molecular flexibility index (Phi) is 3.68. The van der Waals surface area contributed by atoms with Crippen LogP contribution in [0.1, 0.15) is 38.5 Å². The average molecular weight is 152 g/mol. The van der Waals surface area contributed by atoms with Crippen molar-refractivity contribution in [2.45, 2.75) is 44.8 Å². The first kappa shape index (κ1) is 8.83. The first-order valence-electron chi connectivity index (χ1n) is 4.87. The average Bonchev–Trinajstić information content (AvgIpc) is 2.30. The number of Topliss-reactive ketones (excluding diaryl/α,β-unsaturated/α-hetero) is 1. The highest BCUT2D eigenvalue weighted by molar-refractivity contribution is 6.20. The van der Waals surface area contributed by atoms with Gasteiger partial charge in [-0.25, -0.2) is 0 Å². The Balaban J connectivity index is 2.36. The summed E-state index contributed by atoms with van der Waals surface area (Å²) in [5.41, 5.74) is 0. The van der Waals surface area contributed by atoms with E-state index in [4.69, 9.17) is 0 Å². The fourth-order valence-electron chi connectivity index (χ4n) is 1.89. The molecule has 0 radical (unpaired) electrons. The fraction of sp³-hybridized carbons (Fsp3) is 0.889. The van der Waals surface area contributed by atoms with E-state index in [-0.39, 0.29) is 0 Å². The zero-order valence-electron chi connectivity index (χ0n) is 7.44. The zero-order valence-corrected chi connectivity index (χ0v) is 7.44. The Labute approximate surface area is 70.0 Å². The molecule has 11 heavy (non-hydrogen) atoms. The second-order valence-electron chi connectivity index (χ2n) is 3.51. The monoisotopic (exact) mass is 152 g/mol. The Morgan fingerprint density at radius 1 is 1.18 bits per heavy atom. The molecule has 0 saturated heterocycles. The van der Waals surface area contributed by atoms with Crippen LogP contribution in [0.25, 0.3) is 0 Å². The number of ketones is 1. The molecule has 0 aliphatic heterocycles. The Hall–Kier alpha value is -0.265. The smallest absolute Gasteiger partial charge is 0.128 e. The van der Waals surface area contributed by atoms with Crippen LogP contribution in [-0.4, -0.2) is 13.6 Å². The number of carbonyl (C=O) groups excluding carboxylic acids is 1. The number of hydrogen-bond donors (Lipinski definition) is 0.